The van der Waals surface area contributed by atoms with Gasteiger partial charge in [0.2, 0.25) is 5.91 Å². The smallest absolute Gasteiger partial charge is 0.327 e. The minimum Gasteiger partial charge on any atom is -0.480 e. The van der Waals surface area contributed by atoms with Crippen LogP contribution in [0.4, 0.5) is 0 Å². The number of fused-ring (bicyclic) bond motifs is 1. The molecule has 1 aliphatic rings. The Labute approximate surface area is 129 Å². The number of carbonyl (C=O) groups is 2. The van der Waals surface area contributed by atoms with Crippen molar-refractivity contribution in [3.05, 3.63) is 35.4 Å². The highest BCUT2D eigenvalue weighted by Crippen LogP contribution is 2.33. The fourth-order valence-corrected chi connectivity index (χ4v) is 4.00. The van der Waals surface area contributed by atoms with Crippen LogP contribution in [0.3, 0.4) is 0 Å². The molecule has 0 radical (unpaired) electrons. The normalized spacial score (nSPS) is 18.6. The number of carbonyl (C=O) groups excluding carboxylic acids is 1. The van der Waals surface area contributed by atoms with Crippen molar-refractivity contribution in [2.75, 3.05) is 11.5 Å². The number of benzene rings is 1. The van der Waals surface area contributed by atoms with Gasteiger partial charge in [0.05, 0.1) is 0 Å². The molecule has 1 aromatic carbocycles. The molecule has 5 heteroatoms. The van der Waals surface area contributed by atoms with E-state index in [1.54, 1.807) is 11.8 Å². The second-order valence-corrected chi connectivity index (χ2v) is 6.49. The molecule has 114 valence electrons. The van der Waals surface area contributed by atoms with E-state index in [9.17, 15) is 9.59 Å². The molecule has 1 aromatic rings. The number of carboxylic acid groups (broad SMARTS) is 1. The molecule has 1 amide bonds. The van der Waals surface area contributed by atoms with Crippen LogP contribution in [-0.4, -0.2) is 34.5 Å². The summed E-state index contributed by atoms with van der Waals surface area (Å²) in [4.78, 5) is 22.1. The van der Waals surface area contributed by atoms with Gasteiger partial charge in [-0.3, -0.25) is 4.79 Å². The van der Waals surface area contributed by atoms with Crippen LogP contribution in [0.25, 0.3) is 0 Å². The van der Waals surface area contributed by atoms with Crippen LogP contribution >= 0.6 is 11.8 Å². The molecule has 1 aliphatic carbocycles. The van der Waals surface area contributed by atoms with Gasteiger partial charge < -0.3 is 10.4 Å². The maximum absolute atomic E-state index is 11.1. The third-order valence-electron chi connectivity index (χ3n) is 3.77. The van der Waals surface area contributed by atoms with E-state index in [4.69, 9.17) is 5.11 Å². The molecule has 0 fully saturated rings. The number of amides is 1. The first-order chi connectivity index (χ1) is 10.1. The second kappa shape index (κ2) is 7.50. The first-order valence-electron chi connectivity index (χ1n) is 7.23. The van der Waals surface area contributed by atoms with Gasteiger partial charge in [-0.25, -0.2) is 4.79 Å². The highest BCUT2D eigenvalue weighted by Gasteiger charge is 2.22. The lowest BCUT2D eigenvalue weighted by Crippen LogP contribution is -2.41. The van der Waals surface area contributed by atoms with Gasteiger partial charge in [0.25, 0.3) is 0 Å². The zero-order valence-corrected chi connectivity index (χ0v) is 13.0. The van der Waals surface area contributed by atoms with Crippen molar-refractivity contribution in [2.45, 2.75) is 38.1 Å². The van der Waals surface area contributed by atoms with Gasteiger partial charge >= 0.3 is 5.97 Å². The van der Waals surface area contributed by atoms with Crippen LogP contribution in [0, 0.1) is 0 Å². The van der Waals surface area contributed by atoms with Crippen molar-refractivity contribution in [2.24, 2.45) is 0 Å². The van der Waals surface area contributed by atoms with E-state index >= 15 is 0 Å². The summed E-state index contributed by atoms with van der Waals surface area (Å²) in [5, 5.41) is 11.6. The van der Waals surface area contributed by atoms with Crippen molar-refractivity contribution in [1.29, 1.82) is 0 Å². The van der Waals surface area contributed by atoms with Crippen LogP contribution in [0.5, 0.6) is 0 Å². The number of rotatable bonds is 6. The molecule has 0 aromatic heterocycles. The highest BCUT2D eigenvalue weighted by atomic mass is 32.2. The molecule has 4 nitrogen and oxygen atoms in total. The van der Waals surface area contributed by atoms with Gasteiger partial charge in [0.15, 0.2) is 0 Å². The minimum atomic E-state index is -0.971. The topological polar surface area (TPSA) is 66.4 Å². The fourth-order valence-electron chi connectivity index (χ4n) is 2.78. The summed E-state index contributed by atoms with van der Waals surface area (Å²) in [5.74, 6) is 0.535. The first-order valence-corrected chi connectivity index (χ1v) is 8.39. The number of hydrogen-bond acceptors (Lipinski definition) is 3. The molecule has 2 atom stereocenters. The molecule has 0 heterocycles. The SMILES string of the molecule is CC(=O)N[C@@H](CSCC1CCCc2ccccc21)C(=O)O. The molecule has 1 unspecified atom stereocenters. The van der Waals surface area contributed by atoms with E-state index in [-0.39, 0.29) is 5.91 Å². The number of aryl methyl sites for hydroxylation is 1. The summed E-state index contributed by atoms with van der Waals surface area (Å²) in [6, 6.07) is 7.71. The molecule has 0 aliphatic heterocycles. The molecule has 21 heavy (non-hydrogen) atoms. The van der Waals surface area contributed by atoms with Gasteiger partial charge in [0.1, 0.15) is 6.04 Å². The van der Waals surface area contributed by atoms with Crippen molar-refractivity contribution < 1.29 is 14.7 Å². The minimum absolute atomic E-state index is 0.300. The van der Waals surface area contributed by atoms with Crippen molar-refractivity contribution >= 4 is 23.6 Å². The Morgan fingerprint density at radius 2 is 2.19 bits per heavy atom. The lowest BCUT2D eigenvalue weighted by molar-refractivity contribution is -0.140. The molecule has 0 saturated heterocycles. The van der Waals surface area contributed by atoms with Crippen molar-refractivity contribution in [1.82, 2.24) is 5.32 Å². The average Bonchev–Trinajstić information content (AvgIpc) is 2.46. The monoisotopic (exact) mass is 307 g/mol. The lowest BCUT2D eigenvalue weighted by Gasteiger charge is -2.25. The summed E-state index contributed by atoms with van der Waals surface area (Å²) in [6.45, 7) is 1.35. The number of hydrogen-bond donors (Lipinski definition) is 2. The van der Waals surface area contributed by atoms with Gasteiger partial charge in [-0.1, -0.05) is 24.3 Å². The number of aliphatic carboxylic acids is 1. The summed E-state index contributed by atoms with van der Waals surface area (Å²) >= 11 is 1.61. The third kappa shape index (κ3) is 4.49. The number of nitrogens with one attached hydrogen (secondary N) is 1. The predicted molar refractivity (Wildman–Crippen MR) is 84.7 cm³/mol. The Balaban J connectivity index is 1.89. The average molecular weight is 307 g/mol. The molecular formula is C16H21NO3S. The Kier molecular flexibility index (Phi) is 5.67. The van der Waals surface area contributed by atoms with Crippen LogP contribution in [0.1, 0.15) is 36.8 Å². The summed E-state index contributed by atoms with van der Waals surface area (Å²) in [5.41, 5.74) is 2.83. The summed E-state index contributed by atoms with van der Waals surface area (Å²) in [7, 11) is 0. The zero-order valence-electron chi connectivity index (χ0n) is 12.2. The first kappa shape index (κ1) is 15.9. The van der Waals surface area contributed by atoms with E-state index in [0.717, 1.165) is 18.6 Å². The highest BCUT2D eigenvalue weighted by molar-refractivity contribution is 7.99. The zero-order chi connectivity index (χ0) is 15.2. The third-order valence-corrected chi connectivity index (χ3v) is 4.98. The van der Waals surface area contributed by atoms with Crippen molar-refractivity contribution in [3.8, 4) is 0 Å². The van der Waals surface area contributed by atoms with E-state index in [2.05, 4.69) is 29.6 Å². The van der Waals surface area contributed by atoms with Gasteiger partial charge in [-0.05, 0) is 36.3 Å². The standard InChI is InChI=1S/C16H21NO3S/c1-11(18)17-15(16(19)20)10-21-9-13-7-4-6-12-5-2-3-8-14(12)13/h2-3,5,8,13,15H,4,6-7,9-10H2,1H3,(H,17,18)(H,19,20)/t13?,15-/m0/s1. The number of thioether (sulfide) groups is 1. The van der Waals surface area contributed by atoms with E-state index < -0.39 is 12.0 Å². The molecule has 2 N–H and O–H groups in total. The molecule has 0 spiro atoms. The Bertz CT molecular complexity index is 518. The maximum atomic E-state index is 11.1. The van der Waals surface area contributed by atoms with Crippen LogP contribution in [0.15, 0.2) is 24.3 Å². The maximum Gasteiger partial charge on any atom is 0.327 e. The lowest BCUT2D eigenvalue weighted by atomic mass is 9.84. The molecule has 0 bridgehead atoms. The molecular weight excluding hydrogens is 286 g/mol. The van der Waals surface area contributed by atoms with Crippen molar-refractivity contribution in [3.63, 3.8) is 0 Å². The van der Waals surface area contributed by atoms with Crippen LogP contribution in [-0.2, 0) is 16.0 Å². The molecule has 0 saturated carbocycles. The van der Waals surface area contributed by atoms with E-state index in [0.29, 0.717) is 11.7 Å². The van der Waals surface area contributed by atoms with Crippen LogP contribution in [0.2, 0.25) is 0 Å². The quantitative estimate of drug-likeness (QED) is 0.847. The molecule has 2 rings (SSSR count). The Morgan fingerprint density at radius 1 is 1.43 bits per heavy atom. The van der Waals surface area contributed by atoms with E-state index in [1.165, 1.54) is 24.5 Å². The summed E-state index contributed by atoms with van der Waals surface area (Å²) in [6.07, 6.45) is 3.49. The van der Waals surface area contributed by atoms with Gasteiger partial charge in [-0.15, -0.1) is 0 Å². The predicted octanol–water partition coefficient (Wildman–Crippen LogP) is 2.43. The van der Waals surface area contributed by atoms with E-state index in [1.807, 2.05) is 0 Å². The summed E-state index contributed by atoms with van der Waals surface area (Å²) < 4.78 is 0. The largest absolute Gasteiger partial charge is 0.480 e. The van der Waals surface area contributed by atoms with Crippen LogP contribution < -0.4 is 5.32 Å². The fraction of sp³-hybridized carbons (Fsp3) is 0.500. The number of carboxylic acids is 1. The Morgan fingerprint density at radius 3 is 2.90 bits per heavy atom. The van der Waals surface area contributed by atoms with Gasteiger partial charge in [0, 0.05) is 18.4 Å². The second-order valence-electron chi connectivity index (χ2n) is 5.42. The van der Waals surface area contributed by atoms with Gasteiger partial charge in [-0.2, -0.15) is 11.8 Å². The Hall–Kier alpha value is -1.49.